The molecule has 3 rings (SSSR count). The van der Waals surface area contributed by atoms with Crippen molar-refractivity contribution in [3.05, 3.63) is 96.1 Å². The van der Waals surface area contributed by atoms with Crippen LogP contribution in [0.2, 0.25) is 0 Å². The first kappa shape index (κ1) is 21.6. The molecule has 1 aliphatic rings. The number of benzene rings is 2. The van der Waals surface area contributed by atoms with Crippen molar-refractivity contribution >= 4 is 11.8 Å². The molecule has 156 valence electrons. The largest absolute Gasteiger partial charge is 0.348 e. The summed E-state index contributed by atoms with van der Waals surface area (Å²) in [6.07, 6.45) is 8.44. The molecule has 4 nitrogen and oxygen atoms in total. The van der Waals surface area contributed by atoms with Gasteiger partial charge in [0.25, 0.3) is 0 Å². The number of nitrogens with one attached hydrogen (secondary N) is 2. The molecule has 0 fully saturated rings. The summed E-state index contributed by atoms with van der Waals surface area (Å²) in [5.74, 6) is 0.0923. The van der Waals surface area contributed by atoms with Gasteiger partial charge in [-0.3, -0.25) is 9.59 Å². The van der Waals surface area contributed by atoms with Gasteiger partial charge in [0.1, 0.15) is 0 Å². The van der Waals surface area contributed by atoms with Gasteiger partial charge in [0.2, 0.25) is 11.8 Å². The third-order valence-electron chi connectivity index (χ3n) is 5.49. The highest BCUT2D eigenvalue weighted by atomic mass is 16.2. The van der Waals surface area contributed by atoms with Crippen molar-refractivity contribution in [3.63, 3.8) is 0 Å². The fourth-order valence-electron chi connectivity index (χ4n) is 3.82. The van der Waals surface area contributed by atoms with E-state index in [2.05, 4.69) is 24.5 Å². The third kappa shape index (κ3) is 5.93. The van der Waals surface area contributed by atoms with Crippen molar-refractivity contribution in [3.8, 4) is 0 Å². The molecule has 4 heteroatoms. The zero-order chi connectivity index (χ0) is 21.3. The van der Waals surface area contributed by atoms with E-state index in [4.69, 9.17) is 0 Å². The SMILES string of the molecule is C[C@@H]1/C=C/CC(=O)N[C@H](c2ccccc2)[C@H](C)/C=C/CC(=O)N[C@@H]1c1ccccc1. The number of carbonyl (C=O) groups is 2. The summed E-state index contributed by atoms with van der Waals surface area (Å²) in [7, 11) is 0. The molecule has 0 spiro atoms. The maximum Gasteiger partial charge on any atom is 0.224 e. The third-order valence-corrected chi connectivity index (χ3v) is 5.49. The van der Waals surface area contributed by atoms with Crippen molar-refractivity contribution < 1.29 is 9.59 Å². The predicted octanol–water partition coefficient (Wildman–Crippen LogP) is 4.88. The number of carbonyl (C=O) groups excluding carboxylic acids is 2. The van der Waals surface area contributed by atoms with Crippen LogP contribution in [0.4, 0.5) is 0 Å². The van der Waals surface area contributed by atoms with Crippen LogP contribution in [0.3, 0.4) is 0 Å². The second kappa shape index (κ2) is 10.6. The first-order valence-corrected chi connectivity index (χ1v) is 10.6. The molecule has 0 aliphatic carbocycles. The average Bonchev–Trinajstić information content (AvgIpc) is 2.76. The molecule has 0 saturated heterocycles. The van der Waals surface area contributed by atoms with E-state index in [0.717, 1.165) is 11.1 Å². The number of rotatable bonds is 2. The van der Waals surface area contributed by atoms with E-state index in [1.165, 1.54) is 0 Å². The molecule has 0 radical (unpaired) electrons. The van der Waals surface area contributed by atoms with Gasteiger partial charge < -0.3 is 10.6 Å². The Balaban J connectivity index is 1.84. The van der Waals surface area contributed by atoms with Gasteiger partial charge in [-0.15, -0.1) is 0 Å². The van der Waals surface area contributed by atoms with E-state index in [9.17, 15) is 9.59 Å². The predicted molar refractivity (Wildman–Crippen MR) is 120 cm³/mol. The molecule has 2 aromatic carbocycles. The lowest BCUT2D eigenvalue weighted by Crippen LogP contribution is -2.33. The normalized spacial score (nSPS) is 27.9. The van der Waals surface area contributed by atoms with Crippen molar-refractivity contribution in [2.75, 3.05) is 0 Å². The molecular formula is C26H30N2O2. The Morgan fingerprint density at radius 3 is 1.37 bits per heavy atom. The van der Waals surface area contributed by atoms with Crippen LogP contribution < -0.4 is 10.6 Å². The molecule has 0 bridgehead atoms. The Kier molecular flexibility index (Phi) is 7.61. The van der Waals surface area contributed by atoms with Crippen LogP contribution in [0.5, 0.6) is 0 Å². The Morgan fingerprint density at radius 2 is 1.00 bits per heavy atom. The zero-order valence-electron chi connectivity index (χ0n) is 17.6. The zero-order valence-corrected chi connectivity index (χ0v) is 17.6. The van der Waals surface area contributed by atoms with Crippen molar-refractivity contribution in [1.29, 1.82) is 0 Å². The highest BCUT2D eigenvalue weighted by molar-refractivity contribution is 5.79. The van der Waals surface area contributed by atoms with Crippen LogP contribution in [0.25, 0.3) is 0 Å². The molecule has 2 N–H and O–H groups in total. The summed E-state index contributed by atoms with van der Waals surface area (Å²) < 4.78 is 0. The maximum atomic E-state index is 12.6. The van der Waals surface area contributed by atoms with Crippen molar-refractivity contribution in [2.45, 2.75) is 38.8 Å². The molecule has 1 aliphatic heterocycles. The van der Waals surface area contributed by atoms with Crippen LogP contribution in [-0.4, -0.2) is 11.8 Å². The smallest absolute Gasteiger partial charge is 0.224 e. The minimum atomic E-state index is -0.135. The standard InChI is InChI=1S/C26H30N2O2/c1-19-11-9-17-24(30)28-26(22-15-7-4-8-16-22)20(2)12-10-18-23(29)27-25(19)21-13-5-3-6-14-21/h3-16,19-20,25-26H,17-18H2,1-2H3,(H,27,29)(H,28,30)/b11-9+,12-10+/t19-,20-,25+,26+/m1/s1. The minimum Gasteiger partial charge on any atom is -0.348 e. The highest BCUT2D eigenvalue weighted by Gasteiger charge is 2.22. The molecule has 0 unspecified atom stereocenters. The van der Waals surface area contributed by atoms with Gasteiger partial charge in [0, 0.05) is 12.8 Å². The molecule has 0 saturated carbocycles. The monoisotopic (exact) mass is 402 g/mol. The van der Waals surface area contributed by atoms with Gasteiger partial charge in [0.15, 0.2) is 0 Å². The lowest BCUT2D eigenvalue weighted by molar-refractivity contribution is -0.122. The summed E-state index contributed by atoms with van der Waals surface area (Å²) in [5.41, 5.74) is 2.11. The number of amides is 2. The molecule has 4 atom stereocenters. The summed E-state index contributed by atoms with van der Waals surface area (Å²) in [5, 5.41) is 6.33. The minimum absolute atomic E-state index is 0.00934. The molecule has 2 aromatic rings. The van der Waals surface area contributed by atoms with Crippen LogP contribution in [0.1, 0.15) is 49.9 Å². The topological polar surface area (TPSA) is 58.2 Å². The maximum absolute atomic E-state index is 12.6. The summed E-state index contributed by atoms with van der Waals surface area (Å²) in [6, 6.07) is 19.6. The lowest BCUT2D eigenvalue weighted by atomic mass is 9.92. The van der Waals surface area contributed by atoms with E-state index in [-0.39, 0.29) is 35.7 Å². The van der Waals surface area contributed by atoms with Crippen LogP contribution >= 0.6 is 0 Å². The fourth-order valence-corrected chi connectivity index (χ4v) is 3.82. The van der Waals surface area contributed by atoms with Crippen molar-refractivity contribution in [2.24, 2.45) is 11.8 Å². The van der Waals surface area contributed by atoms with Gasteiger partial charge in [0.05, 0.1) is 12.1 Å². The van der Waals surface area contributed by atoms with Crippen LogP contribution in [0.15, 0.2) is 85.0 Å². The van der Waals surface area contributed by atoms with Gasteiger partial charge in [-0.25, -0.2) is 0 Å². The number of hydrogen-bond acceptors (Lipinski definition) is 2. The van der Waals surface area contributed by atoms with E-state index in [1.54, 1.807) is 0 Å². The van der Waals surface area contributed by atoms with E-state index in [1.807, 2.05) is 85.0 Å². The van der Waals surface area contributed by atoms with Gasteiger partial charge in [-0.2, -0.15) is 0 Å². The van der Waals surface area contributed by atoms with Crippen LogP contribution in [-0.2, 0) is 9.59 Å². The summed E-state index contributed by atoms with van der Waals surface area (Å²) >= 11 is 0. The molecular weight excluding hydrogens is 372 g/mol. The Morgan fingerprint density at radius 1 is 0.633 bits per heavy atom. The fraction of sp³-hybridized carbons (Fsp3) is 0.308. The Bertz CT molecular complexity index is 814. The average molecular weight is 403 g/mol. The first-order valence-electron chi connectivity index (χ1n) is 10.6. The van der Waals surface area contributed by atoms with Gasteiger partial charge in [-0.1, -0.05) is 98.8 Å². The lowest BCUT2D eigenvalue weighted by Gasteiger charge is -2.25. The summed E-state index contributed by atoms with van der Waals surface area (Å²) in [6.45, 7) is 4.12. The Hall–Kier alpha value is -3.14. The Labute approximate surface area is 179 Å². The van der Waals surface area contributed by atoms with E-state index >= 15 is 0 Å². The molecule has 1 heterocycles. The van der Waals surface area contributed by atoms with Crippen molar-refractivity contribution in [1.82, 2.24) is 10.6 Å². The van der Waals surface area contributed by atoms with E-state index in [0.29, 0.717) is 12.8 Å². The van der Waals surface area contributed by atoms with Crippen LogP contribution in [0, 0.1) is 11.8 Å². The van der Waals surface area contributed by atoms with Gasteiger partial charge in [-0.05, 0) is 23.0 Å². The first-order chi connectivity index (χ1) is 14.5. The van der Waals surface area contributed by atoms with Gasteiger partial charge >= 0.3 is 0 Å². The quantitative estimate of drug-likeness (QED) is 0.704. The van der Waals surface area contributed by atoms with E-state index < -0.39 is 0 Å². The molecule has 30 heavy (non-hydrogen) atoms. The number of hydrogen-bond donors (Lipinski definition) is 2. The molecule has 0 aromatic heterocycles. The second-order valence-corrected chi connectivity index (χ2v) is 7.89. The highest BCUT2D eigenvalue weighted by Crippen LogP contribution is 2.25. The summed E-state index contributed by atoms with van der Waals surface area (Å²) in [4.78, 5) is 25.3. The second-order valence-electron chi connectivity index (χ2n) is 7.89. The molecule has 2 amide bonds.